The summed E-state index contributed by atoms with van der Waals surface area (Å²) in [5.74, 6) is 0.530. The number of rotatable bonds is 5. The van der Waals surface area contributed by atoms with Crippen molar-refractivity contribution in [2.75, 3.05) is 13.7 Å². The number of halogens is 3. The molecule has 2 rings (SSSR count). The summed E-state index contributed by atoms with van der Waals surface area (Å²) in [5.41, 5.74) is 0.949. The van der Waals surface area contributed by atoms with Gasteiger partial charge in [0.05, 0.1) is 13.7 Å². The van der Waals surface area contributed by atoms with Gasteiger partial charge in [-0.1, -0.05) is 35.3 Å². The molecule has 0 aliphatic heterocycles. The molecule has 0 N–H and O–H groups in total. The van der Waals surface area contributed by atoms with E-state index in [0.717, 1.165) is 5.06 Å². The topological polar surface area (TPSA) is 77.7 Å². The van der Waals surface area contributed by atoms with E-state index in [1.165, 1.54) is 19.2 Å². The molecule has 0 saturated heterocycles. The second kappa shape index (κ2) is 7.67. The molecule has 0 radical (unpaired) electrons. The van der Waals surface area contributed by atoms with E-state index in [9.17, 15) is 18.0 Å². The molecule has 0 unspecified atom stereocenters. The smallest absolute Gasteiger partial charge is 0.435 e. The molecule has 0 saturated carbocycles. The summed E-state index contributed by atoms with van der Waals surface area (Å²) < 4.78 is 46.3. The molecule has 0 aliphatic carbocycles. The van der Waals surface area contributed by atoms with Gasteiger partial charge in [0, 0.05) is 5.56 Å². The number of aromatic nitrogens is 2. The lowest BCUT2D eigenvalue weighted by Gasteiger charge is -2.18. The molecule has 7 nitrogen and oxygen atoms in total. The number of terminal acetylenes is 1. The molecule has 0 spiro atoms. The maximum absolute atomic E-state index is 12.5. The van der Waals surface area contributed by atoms with Crippen LogP contribution >= 0.6 is 0 Å². The molecule has 0 aliphatic rings. The first-order chi connectivity index (χ1) is 11.8. The fraction of sp³-hybridized carbons (Fsp3) is 0.267. The largest absolute Gasteiger partial charge is 0.471 e. The molecule has 1 heterocycles. The fourth-order valence-electron chi connectivity index (χ4n) is 1.76. The third-order valence-electron chi connectivity index (χ3n) is 2.91. The predicted octanol–water partition coefficient (Wildman–Crippen LogP) is 2.89. The van der Waals surface area contributed by atoms with Gasteiger partial charge >= 0.3 is 18.2 Å². The zero-order valence-corrected chi connectivity index (χ0v) is 12.9. The van der Waals surface area contributed by atoms with E-state index in [0.29, 0.717) is 11.1 Å². The first-order valence-corrected chi connectivity index (χ1v) is 6.77. The molecule has 2 aromatic rings. The van der Waals surface area contributed by atoms with Crippen molar-refractivity contribution >= 4 is 6.09 Å². The zero-order valence-electron chi connectivity index (χ0n) is 12.9. The number of hydroxylamine groups is 2. The third kappa shape index (κ3) is 4.71. The highest BCUT2D eigenvalue weighted by atomic mass is 19.4. The molecular formula is C15H12F3N3O4. The number of hydrogen-bond donors (Lipinski definition) is 0. The van der Waals surface area contributed by atoms with Crippen molar-refractivity contribution in [1.82, 2.24) is 15.2 Å². The summed E-state index contributed by atoms with van der Waals surface area (Å²) >= 11 is 0. The lowest BCUT2D eigenvalue weighted by molar-refractivity contribution is -0.159. The molecular weight excluding hydrogens is 343 g/mol. The van der Waals surface area contributed by atoms with Crippen molar-refractivity contribution in [3.05, 3.63) is 35.7 Å². The highest BCUT2D eigenvalue weighted by molar-refractivity contribution is 5.66. The van der Waals surface area contributed by atoms with Gasteiger partial charge < -0.3 is 9.26 Å². The molecule has 1 amide bonds. The van der Waals surface area contributed by atoms with Crippen LogP contribution in [-0.2, 0) is 22.3 Å². The number of ether oxygens (including phenoxy) is 1. The van der Waals surface area contributed by atoms with E-state index in [-0.39, 0.29) is 19.0 Å². The number of amides is 1. The Hall–Kier alpha value is -3.06. The number of nitrogens with zero attached hydrogens (tertiary/aromatic N) is 3. The first kappa shape index (κ1) is 18.3. The highest BCUT2D eigenvalue weighted by Crippen LogP contribution is 2.29. The van der Waals surface area contributed by atoms with Gasteiger partial charge in [-0.15, -0.1) is 6.42 Å². The van der Waals surface area contributed by atoms with Crippen molar-refractivity contribution in [3.8, 4) is 23.7 Å². The summed E-state index contributed by atoms with van der Waals surface area (Å²) in [7, 11) is 1.28. The van der Waals surface area contributed by atoms with Crippen molar-refractivity contribution in [2.45, 2.75) is 12.7 Å². The number of carbonyl (C=O) groups excluding carboxylic acids is 1. The molecule has 0 bridgehead atoms. The summed E-state index contributed by atoms with van der Waals surface area (Å²) in [5, 5.41) is 4.22. The van der Waals surface area contributed by atoms with Gasteiger partial charge in [-0.3, -0.25) is 4.84 Å². The first-order valence-electron chi connectivity index (χ1n) is 6.77. The van der Waals surface area contributed by atoms with Crippen molar-refractivity contribution in [3.63, 3.8) is 0 Å². The third-order valence-corrected chi connectivity index (χ3v) is 2.91. The van der Waals surface area contributed by atoms with Gasteiger partial charge in [0.15, 0.2) is 6.61 Å². The minimum atomic E-state index is -4.71. The summed E-state index contributed by atoms with van der Waals surface area (Å²) in [6.45, 7) is -0.156. The van der Waals surface area contributed by atoms with Crippen LogP contribution in [0.15, 0.2) is 28.8 Å². The molecule has 0 fully saturated rings. The quantitative estimate of drug-likeness (QED) is 0.606. The normalized spacial score (nSPS) is 11.0. The second-order valence-electron chi connectivity index (χ2n) is 4.60. The van der Waals surface area contributed by atoms with Gasteiger partial charge in [0.1, 0.15) is 0 Å². The van der Waals surface area contributed by atoms with E-state index < -0.39 is 18.2 Å². The van der Waals surface area contributed by atoms with E-state index in [1.807, 2.05) is 0 Å². The Morgan fingerprint density at radius 1 is 1.36 bits per heavy atom. The van der Waals surface area contributed by atoms with Crippen LogP contribution in [0.25, 0.3) is 11.4 Å². The van der Waals surface area contributed by atoms with Crippen molar-refractivity contribution < 1.29 is 32.1 Å². The summed E-state index contributed by atoms with van der Waals surface area (Å²) in [4.78, 5) is 19.9. The molecule has 10 heteroatoms. The SMILES string of the molecule is C#CCOC(=O)N(Cc1ccc(-c2noc(C(F)(F)F)n2)cc1)OC. The van der Waals surface area contributed by atoms with Gasteiger partial charge in [-0.05, 0) is 5.56 Å². The molecule has 0 atom stereocenters. The number of hydrogen-bond acceptors (Lipinski definition) is 6. The molecule has 1 aromatic heterocycles. The van der Waals surface area contributed by atoms with Crippen LogP contribution in [0.4, 0.5) is 18.0 Å². The lowest BCUT2D eigenvalue weighted by Crippen LogP contribution is -2.30. The van der Waals surface area contributed by atoms with E-state index >= 15 is 0 Å². The number of carbonyl (C=O) groups is 1. The Labute approximate surface area is 140 Å². The van der Waals surface area contributed by atoms with Crippen LogP contribution in [0.5, 0.6) is 0 Å². The van der Waals surface area contributed by atoms with Crippen molar-refractivity contribution in [1.29, 1.82) is 0 Å². The number of alkyl halides is 3. The van der Waals surface area contributed by atoms with Gasteiger partial charge in [-0.25, -0.2) is 4.79 Å². The van der Waals surface area contributed by atoms with Crippen LogP contribution in [0.3, 0.4) is 0 Å². The average Bonchev–Trinajstić information content (AvgIpc) is 3.08. The maximum atomic E-state index is 12.5. The summed E-state index contributed by atoms with van der Waals surface area (Å²) in [6, 6.07) is 6.11. The highest BCUT2D eigenvalue weighted by Gasteiger charge is 2.38. The zero-order chi connectivity index (χ0) is 18.4. The minimum absolute atomic E-state index is 0.0419. The number of benzene rings is 1. The summed E-state index contributed by atoms with van der Waals surface area (Å²) in [6.07, 6.45) is -0.477. The minimum Gasteiger partial charge on any atom is -0.435 e. The average molecular weight is 355 g/mol. The molecule has 1 aromatic carbocycles. The van der Waals surface area contributed by atoms with Gasteiger partial charge in [0.2, 0.25) is 5.82 Å². The van der Waals surface area contributed by atoms with E-state index in [2.05, 4.69) is 20.6 Å². The van der Waals surface area contributed by atoms with Crippen LogP contribution in [0, 0.1) is 12.3 Å². The standard InChI is InChI=1S/C15H12F3N3O4/c1-3-8-24-14(22)21(23-2)9-10-4-6-11(7-5-10)12-19-13(25-20-12)15(16,17)18/h1,4-7H,8-9H2,2H3. The van der Waals surface area contributed by atoms with Crippen LogP contribution in [0.1, 0.15) is 11.5 Å². The maximum Gasteiger partial charge on any atom is 0.471 e. The van der Waals surface area contributed by atoms with Crippen LogP contribution < -0.4 is 0 Å². The lowest BCUT2D eigenvalue weighted by atomic mass is 10.1. The Morgan fingerprint density at radius 2 is 2.04 bits per heavy atom. The Kier molecular flexibility index (Phi) is 5.61. The molecule has 132 valence electrons. The monoisotopic (exact) mass is 355 g/mol. The van der Waals surface area contributed by atoms with Gasteiger partial charge in [0.25, 0.3) is 0 Å². The Bertz CT molecular complexity index is 766. The van der Waals surface area contributed by atoms with E-state index in [4.69, 9.17) is 16.0 Å². The van der Waals surface area contributed by atoms with E-state index in [1.54, 1.807) is 12.1 Å². The fourth-order valence-corrected chi connectivity index (χ4v) is 1.76. The Morgan fingerprint density at radius 3 is 2.56 bits per heavy atom. The van der Waals surface area contributed by atoms with Crippen LogP contribution in [0.2, 0.25) is 0 Å². The Balaban J connectivity index is 2.08. The molecule has 25 heavy (non-hydrogen) atoms. The van der Waals surface area contributed by atoms with Crippen molar-refractivity contribution in [2.24, 2.45) is 0 Å². The van der Waals surface area contributed by atoms with Crippen LogP contribution in [-0.4, -0.2) is 35.0 Å². The second-order valence-corrected chi connectivity index (χ2v) is 4.60. The van der Waals surface area contributed by atoms with Gasteiger partial charge in [-0.2, -0.15) is 23.2 Å². The predicted molar refractivity (Wildman–Crippen MR) is 77.5 cm³/mol.